The van der Waals surface area contributed by atoms with Crippen LogP contribution in [0.15, 0.2) is 72.3 Å². The van der Waals surface area contributed by atoms with E-state index >= 15 is 0 Å². The molecule has 31 heavy (non-hydrogen) atoms. The number of nitriles is 1. The molecule has 1 unspecified atom stereocenters. The average molecular weight is 410 g/mol. The van der Waals surface area contributed by atoms with Gasteiger partial charge in [0.25, 0.3) is 5.91 Å². The zero-order valence-electron chi connectivity index (χ0n) is 17.4. The third-order valence-corrected chi connectivity index (χ3v) is 5.31. The SMILES string of the molecule is COc1cccc2c1OCC(C(=O)NC(C)c1ccc(-c3cccc(C#N)c3)cc1)=C2. The van der Waals surface area contributed by atoms with Crippen molar-refractivity contribution < 1.29 is 14.3 Å². The van der Waals surface area contributed by atoms with E-state index in [9.17, 15) is 4.79 Å². The normalized spacial score (nSPS) is 13.1. The number of carbonyl (C=O) groups is 1. The predicted octanol–water partition coefficient (Wildman–Crippen LogP) is 4.89. The molecule has 0 aliphatic carbocycles. The monoisotopic (exact) mass is 410 g/mol. The van der Waals surface area contributed by atoms with E-state index in [2.05, 4.69) is 11.4 Å². The Hall–Kier alpha value is -4.04. The van der Waals surface area contributed by atoms with Gasteiger partial charge in [0.2, 0.25) is 0 Å². The van der Waals surface area contributed by atoms with Crippen molar-refractivity contribution in [2.24, 2.45) is 0 Å². The molecule has 1 aliphatic rings. The van der Waals surface area contributed by atoms with Gasteiger partial charge in [0.15, 0.2) is 11.5 Å². The lowest BCUT2D eigenvalue weighted by Gasteiger charge is -2.21. The van der Waals surface area contributed by atoms with Gasteiger partial charge in [-0.2, -0.15) is 5.26 Å². The fourth-order valence-electron chi connectivity index (χ4n) is 3.58. The molecule has 0 radical (unpaired) electrons. The standard InChI is InChI=1S/C26H22N2O3/c1-17(19-9-11-20(12-10-19)21-6-3-5-18(13-21)15-27)28-26(29)23-14-22-7-4-8-24(30-2)25(22)31-16-23/h3-14,17H,16H2,1-2H3,(H,28,29). The highest BCUT2D eigenvalue weighted by molar-refractivity contribution is 5.99. The van der Waals surface area contributed by atoms with Gasteiger partial charge in [-0.25, -0.2) is 0 Å². The highest BCUT2D eigenvalue weighted by Crippen LogP contribution is 2.35. The van der Waals surface area contributed by atoms with E-state index in [0.717, 1.165) is 22.3 Å². The van der Waals surface area contributed by atoms with Crippen molar-refractivity contribution in [2.45, 2.75) is 13.0 Å². The summed E-state index contributed by atoms with van der Waals surface area (Å²) in [5.41, 5.74) is 5.02. The van der Waals surface area contributed by atoms with Crippen LogP contribution < -0.4 is 14.8 Å². The maximum absolute atomic E-state index is 12.8. The van der Waals surface area contributed by atoms with Gasteiger partial charge in [-0.3, -0.25) is 4.79 Å². The number of para-hydroxylation sites is 1. The number of ether oxygens (including phenoxy) is 2. The van der Waals surface area contributed by atoms with Crippen molar-refractivity contribution in [1.82, 2.24) is 5.32 Å². The van der Waals surface area contributed by atoms with Gasteiger partial charge in [0, 0.05) is 5.56 Å². The summed E-state index contributed by atoms with van der Waals surface area (Å²) in [5.74, 6) is 1.15. The van der Waals surface area contributed by atoms with Crippen LogP contribution in [0.5, 0.6) is 11.5 Å². The zero-order chi connectivity index (χ0) is 21.8. The van der Waals surface area contributed by atoms with E-state index in [1.165, 1.54) is 0 Å². The molecule has 0 aromatic heterocycles. The molecule has 0 fully saturated rings. The Labute approximate surface area is 181 Å². The molecule has 4 rings (SSSR count). The first-order chi connectivity index (χ1) is 15.1. The molecule has 1 amide bonds. The van der Waals surface area contributed by atoms with Crippen LogP contribution in [0.2, 0.25) is 0 Å². The summed E-state index contributed by atoms with van der Waals surface area (Å²) in [6, 6.07) is 23.1. The number of benzene rings is 3. The van der Waals surface area contributed by atoms with Gasteiger partial charge >= 0.3 is 0 Å². The number of rotatable bonds is 5. The summed E-state index contributed by atoms with van der Waals surface area (Å²) in [6.07, 6.45) is 1.84. The molecular formula is C26H22N2O3. The molecule has 0 bridgehead atoms. The molecule has 3 aromatic rings. The number of hydrogen-bond donors (Lipinski definition) is 1. The molecule has 1 heterocycles. The number of amides is 1. The highest BCUT2D eigenvalue weighted by Gasteiger charge is 2.21. The van der Waals surface area contributed by atoms with Crippen molar-refractivity contribution in [2.75, 3.05) is 13.7 Å². The highest BCUT2D eigenvalue weighted by atomic mass is 16.5. The molecule has 1 atom stereocenters. The smallest absolute Gasteiger partial charge is 0.251 e. The summed E-state index contributed by atoms with van der Waals surface area (Å²) >= 11 is 0. The van der Waals surface area contributed by atoms with E-state index < -0.39 is 0 Å². The van der Waals surface area contributed by atoms with Gasteiger partial charge < -0.3 is 14.8 Å². The minimum absolute atomic E-state index is 0.160. The summed E-state index contributed by atoms with van der Waals surface area (Å²) in [5, 5.41) is 12.1. The van der Waals surface area contributed by atoms with E-state index in [1.807, 2.05) is 73.7 Å². The first-order valence-electron chi connectivity index (χ1n) is 10.0. The van der Waals surface area contributed by atoms with Crippen LogP contribution in [0.25, 0.3) is 17.2 Å². The Balaban J connectivity index is 1.47. The summed E-state index contributed by atoms with van der Waals surface area (Å²) in [7, 11) is 1.60. The van der Waals surface area contributed by atoms with Crippen LogP contribution in [0, 0.1) is 11.3 Å². The topological polar surface area (TPSA) is 71.3 Å². The maximum Gasteiger partial charge on any atom is 0.251 e. The number of nitrogens with one attached hydrogen (secondary N) is 1. The molecule has 3 aromatic carbocycles. The lowest BCUT2D eigenvalue weighted by molar-refractivity contribution is -0.118. The van der Waals surface area contributed by atoms with Crippen LogP contribution in [-0.4, -0.2) is 19.6 Å². The Morgan fingerprint density at radius 2 is 1.87 bits per heavy atom. The van der Waals surface area contributed by atoms with Gasteiger partial charge in [-0.1, -0.05) is 48.5 Å². The largest absolute Gasteiger partial charge is 0.493 e. The third kappa shape index (κ3) is 4.29. The number of hydrogen-bond acceptors (Lipinski definition) is 4. The summed E-state index contributed by atoms with van der Waals surface area (Å²) < 4.78 is 11.1. The molecule has 0 saturated carbocycles. The van der Waals surface area contributed by atoms with Crippen LogP contribution in [0.3, 0.4) is 0 Å². The van der Waals surface area contributed by atoms with Gasteiger partial charge in [0.05, 0.1) is 30.4 Å². The minimum Gasteiger partial charge on any atom is -0.493 e. The first kappa shape index (κ1) is 20.2. The second kappa shape index (κ2) is 8.76. The average Bonchev–Trinajstić information content (AvgIpc) is 2.83. The van der Waals surface area contributed by atoms with Crippen LogP contribution in [0.4, 0.5) is 0 Å². The second-order valence-electron chi connectivity index (χ2n) is 7.35. The van der Waals surface area contributed by atoms with Crippen molar-refractivity contribution in [3.8, 4) is 28.7 Å². The number of methoxy groups -OCH3 is 1. The molecule has 5 heteroatoms. The lowest BCUT2D eigenvalue weighted by Crippen LogP contribution is -2.30. The molecular weight excluding hydrogens is 388 g/mol. The number of carbonyl (C=O) groups excluding carboxylic acids is 1. The molecule has 1 aliphatic heterocycles. The van der Waals surface area contributed by atoms with E-state index in [0.29, 0.717) is 22.6 Å². The Bertz CT molecular complexity index is 1190. The fraction of sp³-hybridized carbons (Fsp3) is 0.154. The molecule has 0 spiro atoms. The van der Waals surface area contributed by atoms with Gasteiger partial charge in [-0.15, -0.1) is 0 Å². The van der Waals surface area contributed by atoms with Crippen molar-refractivity contribution in [3.63, 3.8) is 0 Å². The Morgan fingerprint density at radius 1 is 1.10 bits per heavy atom. The van der Waals surface area contributed by atoms with Crippen molar-refractivity contribution in [3.05, 3.63) is 89.0 Å². The quantitative estimate of drug-likeness (QED) is 0.650. The zero-order valence-corrected chi connectivity index (χ0v) is 17.4. The molecule has 5 nitrogen and oxygen atoms in total. The Morgan fingerprint density at radius 3 is 2.61 bits per heavy atom. The molecule has 154 valence electrons. The van der Waals surface area contributed by atoms with Crippen molar-refractivity contribution in [1.29, 1.82) is 5.26 Å². The predicted molar refractivity (Wildman–Crippen MR) is 120 cm³/mol. The fourth-order valence-corrected chi connectivity index (χ4v) is 3.58. The minimum atomic E-state index is -0.167. The van der Waals surface area contributed by atoms with E-state index in [1.54, 1.807) is 13.2 Å². The van der Waals surface area contributed by atoms with E-state index in [-0.39, 0.29) is 18.6 Å². The molecule has 0 saturated heterocycles. The second-order valence-corrected chi connectivity index (χ2v) is 7.35. The van der Waals surface area contributed by atoms with Crippen LogP contribution >= 0.6 is 0 Å². The van der Waals surface area contributed by atoms with Crippen molar-refractivity contribution >= 4 is 12.0 Å². The summed E-state index contributed by atoms with van der Waals surface area (Å²) in [6.45, 7) is 2.14. The van der Waals surface area contributed by atoms with Gasteiger partial charge in [-0.05, 0) is 47.9 Å². The lowest BCUT2D eigenvalue weighted by atomic mass is 10.00. The van der Waals surface area contributed by atoms with Crippen LogP contribution in [0.1, 0.15) is 29.7 Å². The first-order valence-corrected chi connectivity index (χ1v) is 10.0. The summed E-state index contributed by atoms with van der Waals surface area (Å²) in [4.78, 5) is 12.8. The van der Waals surface area contributed by atoms with Crippen LogP contribution in [-0.2, 0) is 4.79 Å². The molecule has 1 N–H and O–H groups in total. The number of nitrogens with zero attached hydrogens (tertiary/aromatic N) is 1. The van der Waals surface area contributed by atoms with E-state index in [4.69, 9.17) is 14.7 Å². The maximum atomic E-state index is 12.8. The third-order valence-electron chi connectivity index (χ3n) is 5.31. The number of fused-ring (bicyclic) bond motifs is 1. The Kier molecular flexibility index (Phi) is 5.72. The van der Waals surface area contributed by atoms with Gasteiger partial charge in [0.1, 0.15) is 6.61 Å².